The number of non-ortho nitro benzene ring substituents is 1. The van der Waals surface area contributed by atoms with E-state index in [1.807, 2.05) is 6.07 Å². The van der Waals surface area contributed by atoms with Gasteiger partial charge >= 0.3 is 5.97 Å². The summed E-state index contributed by atoms with van der Waals surface area (Å²) in [6, 6.07) is 14.1. The molecule has 2 aromatic carbocycles. The molecular formula is C26H23N3O7S. The molecule has 0 radical (unpaired) electrons. The minimum atomic E-state index is -1.17. The zero-order valence-corrected chi connectivity index (χ0v) is 21.1. The van der Waals surface area contributed by atoms with Crippen molar-refractivity contribution in [1.82, 2.24) is 0 Å². The molecule has 0 spiro atoms. The standard InChI is InChI=1S/C26H23N3O7S/c1-4-35-26(32)19-14(2)15(3)37-25(19)27-23(30)20-21(16-9-8-12-18(13-16)29(33)34)28(36-22(20)24(27)31)17-10-6-5-7-11-17/h5-13,20-22H,4H2,1-3H3/t20-,21+,22-/m0/s1. The number of esters is 1. The van der Waals surface area contributed by atoms with Gasteiger partial charge in [-0.1, -0.05) is 30.3 Å². The maximum absolute atomic E-state index is 13.9. The van der Waals surface area contributed by atoms with Gasteiger partial charge in [0.1, 0.15) is 10.9 Å². The van der Waals surface area contributed by atoms with Gasteiger partial charge in [-0.05, 0) is 44.0 Å². The number of fused-ring (bicyclic) bond motifs is 1. The molecule has 3 atom stereocenters. The van der Waals surface area contributed by atoms with Gasteiger partial charge in [0.15, 0.2) is 6.10 Å². The van der Waals surface area contributed by atoms with Gasteiger partial charge < -0.3 is 4.74 Å². The molecular weight excluding hydrogens is 498 g/mol. The fourth-order valence-corrected chi connectivity index (χ4v) is 5.94. The van der Waals surface area contributed by atoms with Gasteiger partial charge in [0.2, 0.25) is 5.91 Å². The number of carbonyl (C=O) groups is 3. The Hall–Kier alpha value is -4.09. The van der Waals surface area contributed by atoms with Crippen molar-refractivity contribution < 1.29 is 28.9 Å². The number of anilines is 2. The van der Waals surface area contributed by atoms with E-state index >= 15 is 0 Å². The number of aryl methyl sites for hydroxylation is 1. The van der Waals surface area contributed by atoms with Crippen LogP contribution in [-0.4, -0.2) is 35.4 Å². The van der Waals surface area contributed by atoms with Gasteiger partial charge in [-0.25, -0.2) is 14.8 Å². The molecule has 11 heteroatoms. The molecule has 37 heavy (non-hydrogen) atoms. The Bertz CT molecular complexity index is 1420. The van der Waals surface area contributed by atoms with Crippen LogP contribution < -0.4 is 9.96 Å². The summed E-state index contributed by atoms with van der Waals surface area (Å²) in [4.78, 5) is 59.3. The molecule has 10 nitrogen and oxygen atoms in total. The van der Waals surface area contributed by atoms with Crippen LogP contribution in [0.25, 0.3) is 0 Å². The predicted molar refractivity (Wildman–Crippen MR) is 135 cm³/mol. The number of ether oxygens (including phenoxy) is 1. The number of imide groups is 1. The van der Waals surface area contributed by atoms with Crippen molar-refractivity contribution in [3.63, 3.8) is 0 Å². The first-order valence-corrected chi connectivity index (χ1v) is 12.5. The van der Waals surface area contributed by atoms with E-state index in [1.165, 1.54) is 23.3 Å². The molecule has 0 saturated carbocycles. The Balaban J connectivity index is 1.61. The minimum Gasteiger partial charge on any atom is -0.462 e. The Morgan fingerprint density at radius 1 is 1.11 bits per heavy atom. The third-order valence-electron chi connectivity index (χ3n) is 6.60. The molecule has 3 aromatic rings. The average molecular weight is 522 g/mol. The normalized spacial score (nSPS) is 20.9. The molecule has 3 heterocycles. The van der Waals surface area contributed by atoms with Crippen molar-refractivity contribution in [2.75, 3.05) is 16.6 Å². The third-order valence-corrected chi connectivity index (χ3v) is 7.79. The first kappa shape index (κ1) is 24.6. The van der Waals surface area contributed by atoms with Gasteiger partial charge in [-0.2, -0.15) is 0 Å². The van der Waals surface area contributed by atoms with Crippen molar-refractivity contribution in [3.8, 4) is 0 Å². The van der Waals surface area contributed by atoms with E-state index in [1.54, 1.807) is 51.1 Å². The summed E-state index contributed by atoms with van der Waals surface area (Å²) in [7, 11) is 0. The monoisotopic (exact) mass is 521 g/mol. The Morgan fingerprint density at radius 2 is 1.84 bits per heavy atom. The number of hydrogen-bond acceptors (Lipinski definition) is 9. The summed E-state index contributed by atoms with van der Waals surface area (Å²) in [5.74, 6) is -2.75. The number of hydrogen-bond donors (Lipinski definition) is 0. The minimum absolute atomic E-state index is 0.142. The summed E-state index contributed by atoms with van der Waals surface area (Å²) in [5, 5.41) is 13.1. The number of benzene rings is 2. The smallest absolute Gasteiger partial charge is 0.341 e. The number of hydroxylamine groups is 1. The lowest BCUT2D eigenvalue weighted by atomic mass is 9.90. The molecule has 0 aliphatic carbocycles. The average Bonchev–Trinajstić information content (AvgIpc) is 3.50. The largest absolute Gasteiger partial charge is 0.462 e. The fraction of sp³-hybridized carbons (Fsp3) is 0.269. The summed E-state index contributed by atoms with van der Waals surface area (Å²) < 4.78 is 5.20. The molecule has 2 amide bonds. The first-order valence-electron chi connectivity index (χ1n) is 11.6. The first-order chi connectivity index (χ1) is 17.7. The summed E-state index contributed by atoms with van der Waals surface area (Å²) in [5.41, 5.74) is 1.72. The topological polar surface area (TPSA) is 119 Å². The lowest BCUT2D eigenvalue weighted by Crippen LogP contribution is -2.37. The van der Waals surface area contributed by atoms with Crippen LogP contribution in [0.4, 0.5) is 16.4 Å². The number of nitro benzene ring substituents is 1. The van der Waals surface area contributed by atoms with Gasteiger partial charge in [0.25, 0.3) is 11.6 Å². The molecule has 0 N–H and O–H groups in total. The van der Waals surface area contributed by atoms with Crippen LogP contribution in [0.3, 0.4) is 0 Å². The molecule has 1 aromatic heterocycles. The molecule has 5 rings (SSSR count). The van der Waals surface area contributed by atoms with Crippen LogP contribution in [0.15, 0.2) is 54.6 Å². The van der Waals surface area contributed by atoms with Gasteiger partial charge in [-0.15, -0.1) is 11.3 Å². The summed E-state index contributed by atoms with van der Waals surface area (Å²) >= 11 is 1.16. The van der Waals surface area contributed by atoms with Crippen LogP contribution in [0.2, 0.25) is 0 Å². The van der Waals surface area contributed by atoms with E-state index in [-0.39, 0.29) is 22.9 Å². The molecule has 2 fully saturated rings. The zero-order valence-electron chi connectivity index (χ0n) is 20.2. The zero-order chi connectivity index (χ0) is 26.4. The maximum Gasteiger partial charge on any atom is 0.341 e. The highest BCUT2D eigenvalue weighted by molar-refractivity contribution is 7.17. The number of carbonyl (C=O) groups excluding carboxylic acids is 3. The SMILES string of the molecule is CCOC(=O)c1c(N2C(=O)[C@@H]3[C@H](ON(c4ccccc4)[C@@H]3c3cccc([N+](=O)[O-])c3)C2=O)sc(C)c1C. The van der Waals surface area contributed by atoms with E-state index in [9.17, 15) is 24.5 Å². The Labute approximate surface area is 216 Å². The molecule has 2 saturated heterocycles. The Morgan fingerprint density at radius 3 is 2.51 bits per heavy atom. The van der Waals surface area contributed by atoms with Gasteiger partial charge in [0.05, 0.1) is 28.8 Å². The molecule has 0 bridgehead atoms. The number of para-hydroxylation sites is 1. The van der Waals surface area contributed by atoms with Gasteiger partial charge in [0, 0.05) is 17.0 Å². The van der Waals surface area contributed by atoms with E-state index in [2.05, 4.69) is 0 Å². The van der Waals surface area contributed by atoms with Crippen LogP contribution in [-0.2, 0) is 19.2 Å². The van der Waals surface area contributed by atoms with Crippen LogP contribution in [0.1, 0.15) is 39.3 Å². The highest BCUT2D eigenvalue weighted by atomic mass is 32.1. The third kappa shape index (κ3) is 3.96. The summed E-state index contributed by atoms with van der Waals surface area (Å²) in [6.45, 7) is 5.37. The lowest BCUT2D eigenvalue weighted by molar-refractivity contribution is -0.384. The van der Waals surface area contributed by atoms with Crippen LogP contribution in [0, 0.1) is 29.9 Å². The number of rotatable bonds is 6. The van der Waals surface area contributed by atoms with Crippen LogP contribution >= 0.6 is 11.3 Å². The fourth-order valence-electron chi connectivity index (χ4n) is 4.78. The van der Waals surface area contributed by atoms with E-state index in [4.69, 9.17) is 9.57 Å². The molecule has 2 aliphatic rings. The second kappa shape index (κ2) is 9.41. The number of thiophene rings is 1. The maximum atomic E-state index is 13.9. The van der Waals surface area contributed by atoms with E-state index < -0.39 is 40.8 Å². The molecule has 2 aliphatic heterocycles. The number of nitrogens with zero attached hydrogens (tertiary/aromatic N) is 3. The summed E-state index contributed by atoms with van der Waals surface area (Å²) in [6.07, 6.45) is -1.17. The highest BCUT2D eigenvalue weighted by Crippen LogP contribution is 2.49. The molecule has 190 valence electrons. The Kier molecular flexibility index (Phi) is 6.26. The van der Waals surface area contributed by atoms with Crippen molar-refractivity contribution in [2.24, 2.45) is 5.92 Å². The number of nitro groups is 1. The van der Waals surface area contributed by atoms with Crippen molar-refractivity contribution >= 4 is 45.5 Å². The second-order valence-corrected chi connectivity index (χ2v) is 9.91. The van der Waals surface area contributed by atoms with Crippen LogP contribution in [0.5, 0.6) is 0 Å². The predicted octanol–water partition coefficient (Wildman–Crippen LogP) is 4.50. The lowest BCUT2D eigenvalue weighted by Gasteiger charge is -2.28. The number of amides is 2. The van der Waals surface area contributed by atoms with E-state index in [0.717, 1.165) is 21.1 Å². The van der Waals surface area contributed by atoms with Crippen molar-refractivity contribution in [2.45, 2.75) is 32.9 Å². The van der Waals surface area contributed by atoms with Crippen molar-refractivity contribution in [3.05, 3.63) is 86.3 Å². The second-order valence-electron chi connectivity index (χ2n) is 8.71. The highest BCUT2D eigenvalue weighted by Gasteiger charge is 2.61. The van der Waals surface area contributed by atoms with Crippen molar-refractivity contribution in [1.29, 1.82) is 0 Å². The quantitative estimate of drug-likeness (QED) is 0.201. The molecule has 0 unspecified atom stereocenters. The van der Waals surface area contributed by atoms with E-state index in [0.29, 0.717) is 16.8 Å². The van der Waals surface area contributed by atoms with Gasteiger partial charge in [-0.3, -0.25) is 24.5 Å².